The first-order chi connectivity index (χ1) is 20.2. The highest BCUT2D eigenvalue weighted by Gasteiger charge is 2.16. The summed E-state index contributed by atoms with van der Waals surface area (Å²) in [6, 6.07) is 25.9. The molecule has 6 aromatic rings. The Morgan fingerprint density at radius 2 is 0.732 bits per heavy atom. The summed E-state index contributed by atoms with van der Waals surface area (Å²) in [4.78, 5) is 2.86. The highest BCUT2D eigenvalue weighted by atomic mass is 16.3. The largest absolute Gasteiger partial charge is 0.505 e. The third-order valence-corrected chi connectivity index (χ3v) is 5.58. The molecule has 8 heteroatoms. The molecular formula is C33H42N6O2. The van der Waals surface area contributed by atoms with Gasteiger partial charge >= 0.3 is 0 Å². The minimum atomic E-state index is 0.0607. The van der Waals surface area contributed by atoms with Crippen molar-refractivity contribution in [3.63, 3.8) is 0 Å². The maximum Gasteiger partial charge on any atom is 0.146 e. The van der Waals surface area contributed by atoms with Gasteiger partial charge in [0.1, 0.15) is 44.9 Å². The van der Waals surface area contributed by atoms with Crippen molar-refractivity contribution in [3.8, 4) is 22.9 Å². The zero-order chi connectivity index (χ0) is 30.4. The molecule has 4 aromatic carbocycles. The minimum Gasteiger partial charge on any atom is -0.505 e. The third kappa shape index (κ3) is 7.28. The van der Waals surface area contributed by atoms with E-state index in [1.54, 1.807) is 12.1 Å². The number of aromatic hydroxyl groups is 2. The molecule has 0 bridgehead atoms. The lowest BCUT2D eigenvalue weighted by Crippen LogP contribution is -2.03. The van der Waals surface area contributed by atoms with E-state index >= 15 is 0 Å². The molecule has 0 atom stereocenters. The van der Waals surface area contributed by atoms with Crippen LogP contribution >= 0.6 is 0 Å². The van der Waals surface area contributed by atoms with Crippen molar-refractivity contribution in [2.24, 2.45) is 0 Å². The fourth-order valence-electron chi connectivity index (χ4n) is 3.90. The van der Waals surface area contributed by atoms with Crippen molar-refractivity contribution in [1.29, 1.82) is 0 Å². The highest BCUT2D eigenvalue weighted by molar-refractivity contribution is 5.74. The van der Waals surface area contributed by atoms with Crippen molar-refractivity contribution in [2.75, 3.05) is 0 Å². The van der Waals surface area contributed by atoms with Gasteiger partial charge in [0.25, 0.3) is 0 Å². The second kappa shape index (κ2) is 16.4. The average molecular weight is 555 g/mol. The Bertz CT molecular complexity index is 1450. The predicted molar refractivity (Wildman–Crippen MR) is 169 cm³/mol. The molecule has 8 nitrogen and oxygen atoms in total. The number of nitrogens with zero attached hydrogens (tertiary/aromatic N) is 6. The molecule has 0 aliphatic heterocycles. The fourth-order valence-corrected chi connectivity index (χ4v) is 3.90. The van der Waals surface area contributed by atoms with Gasteiger partial charge in [0.2, 0.25) is 0 Å². The van der Waals surface area contributed by atoms with E-state index in [-0.39, 0.29) is 11.5 Å². The summed E-state index contributed by atoms with van der Waals surface area (Å²) >= 11 is 0. The van der Waals surface area contributed by atoms with Crippen LogP contribution in [0.3, 0.4) is 0 Å². The van der Waals surface area contributed by atoms with Crippen molar-refractivity contribution in [1.82, 2.24) is 30.0 Å². The number of phenolic OH excluding ortho intramolecular Hbond substituents is 2. The molecule has 0 saturated heterocycles. The molecule has 0 radical (unpaired) electrons. The van der Waals surface area contributed by atoms with Gasteiger partial charge in [-0.1, -0.05) is 104 Å². The smallest absolute Gasteiger partial charge is 0.146 e. The molecule has 0 saturated carbocycles. The maximum absolute atomic E-state index is 11.0. The van der Waals surface area contributed by atoms with Gasteiger partial charge in [0, 0.05) is 17.5 Å². The Balaban J connectivity index is 0.000000679. The van der Waals surface area contributed by atoms with Crippen molar-refractivity contribution < 1.29 is 10.2 Å². The quantitative estimate of drug-likeness (QED) is 0.227. The molecule has 2 aromatic heterocycles. The number of hydrogen-bond acceptors (Lipinski definition) is 6. The number of rotatable bonds is 4. The molecule has 0 unspecified atom stereocenters. The second-order valence-corrected chi connectivity index (χ2v) is 7.70. The minimum absolute atomic E-state index is 0.0607. The zero-order valence-electron chi connectivity index (χ0n) is 25.4. The van der Waals surface area contributed by atoms with E-state index in [0.717, 1.165) is 22.1 Å². The maximum atomic E-state index is 11.0. The Labute approximate surface area is 242 Å². The zero-order valence-corrected chi connectivity index (χ0v) is 25.4. The number of fused-ring (bicyclic) bond motifs is 2. The molecule has 41 heavy (non-hydrogen) atoms. The number of para-hydroxylation sites is 2. The normalized spacial score (nSPS) is 9.76. The van der Waals surface area contributed by atoms with Crippen LogP contribution in [0.1, 0.15) is 66.5 Å². The molecule has 0 aliphatic rings. The first kappa shape index (κ1) is 32.5. The van der Waals surface area contributed by atoms with Gasteiger partial charge in [-0.25, -0.2) is 0 Å². The second-order valence-electron chi connectivity index (χ2n) is 7.70. The highest BCUT2D eigenvalue weighted by Crippen LogP contribution is 2.32. The van der Waals surface area contributed by atoms with E-state index in [4.69, 9.17) is 0 Å². The number of phenols is 2. The number of aromatic nitrogens is 6. The summed E-state index contributed by atoms with van der Waals surface area (Å²) in [5.74, 6) is 0.121. The summed E-state index contributed by atoms with van der Waals surface area (Å²) in [6.07, 6.45) is 0.306. The number of benzene rings is 4. The van der Waals surface area contributed by atoms with Crippen LogP contribution in [0.15, 0.2) is 84.9 Å². The Hall–Kier alpha value is -4.72. The van der Waals surface area contributed by atoms with E-state index in [1.165, 1.54) is 9.59 Å². The third-order valence-electron chi connectivity index (χ3n) is 5.58. The Morgan fingerprint density at radius 1 is 0.439 bits per heavy atom. The lowest BCUT2D eigenvalue weighted by molar-refractivity contribution is 0.455. The number of hydrogen-bond donors (Lipinski definition) is 2. The van der Waals surface area contributed by atoms with Gasteiger partial charge < -0.3 is 10.2 Å². The summed E-state index contributed by atoms with van der Waals surface area (Å²) in [6.45, 7) is 16.0. The molecule has 2 N–H and O–H groups in total. The van der Waals surface area contributed by atoms with Crippen LogP contribution in [-0.4, -0.2) is 40.2 Å². The molecule has 216 valence electrons. The lowest BCUT2D eigenvalue weighted by atomic mass is 10.0. The van der Waals surface area contributed by atoms with E-state index in [0.29, 0.717) is 28.9 Å². The van der Waals surface area contributed by atoms with E-state index < -0.39 is 0 Å². The van der Waals surface area contributed by atoms with Gasteiger partial charge in [-0.3, -0.25) is 0 Å². The SMILES string of the molecule is CC.CC.CC.CC.Oc1c(Cc2cccc(-n3nc4ccccc4n3)c2O)cccc1-n1nc2ccccc2n1. The van der Waals surface area contributed by atoms with Crippen molar-refractivity contribution in [2.45, 2.75) is 61.8 Å². The van der Waals surface area contributed by atoms with Crippen LogP contribution in [0.2, 0.25) is 0 Å². The van der Waals surface area contributed by atoms with Crippen LogP contribution in [-0.2, 0) is 6.42 Å². The predicted octanol–water partition coefficient (Wildman–Crippen LogP) is 8.26. The molecule has 0 amide bonds. The van der Waals surface area contributed by atoms with Gasteiger partial charge in [-0.2, -0.15) is 0 Å². The molecule has 2 heterocycles. The summed E-state index contributed by atoms with van der Waals surface area (Å²) in [5.41, 5.74) is 5.19. The monoisotopic (exact) mass is 554 g/mol. The van der Waals surface area contributed by atoms with E-state index in [2.05, 4.69) is 20.4 Å². The lowest BCUT2D eigenvalue weighted by Gasteiger charge is -2.12. The molecule has 0 spiro atoms. The van der Waals surface area contributed by atoms with Gasteiger partial charge in [0.15, 0.2) is 0 Å². The van der Waals surface area contributed by atoms with Crippen LogP contribution in [0.25, 0.3) is 33.4 Å². The first-order valence-electron chi connectivity index (χ1n) is 14.4. The molecule has 0 fully saturated rings. The van der Waals surface area contributed by atoms with Gasteiger partial charge in [-0.15, -0.1) is 30.0 Å². The average Bonchev–Trinajstić information content (AvgIpc) is 3.68. The summed E-state index contributed by atoms with van der Waals surface area (Å²) < 4.78 is 0. The van der Waals surface area contributed by atoms with Gasteiger partial charge in [0.05, 0.1) is 0 Å². The van der Waals surface area contributed by atoms with E-state index in [9.17, 15) is 10.2 Å². The molecule has 0 aliphatic carbocycles. The van der Waals surface area contributed by atoms with Crippen LogP contribution < -0.4 is 0 Å². The standard InChI is InChI=1S/C25H18N6O2.4C2H6/c32-24-16(7-5-13-22(24)30-26-18-9-1-2-10-19(18)27-30)15-17-8-6-14-23(25(17)33)31-28-20-11-3-4-12-21(20)29-31;4*1-2/h1-14,32-33H,15H2;4*1-2H3. The Morgan fingerprint density at radius 3 is 1.02 bits per heavy atom. The summed E-state index contributed by atoms with van der Waals surface area (Å²) in [7, 11) is 0. The van der Waals surface area contributed by atoms with Gasteiger partial charge in [-0.05, 0) is 36.4 Å². The summed E-state index contributed by atoms with van der Waals surface area (Å²) in [5, 5.41) is 39.8. The molecular weight excluding hydrogens is 512 g/mol. The van der Waals surface area contributed by atoms with Crippen molar-refractivity contribution >= 4 is 22.1 Å². The van der Waals surface area contributed by atoms with Crippen molar-refractivity contribution in [3.05, 3.63) is 96.1 Å². The van der Waals surface area contributed by atoms with Crippen LogP contribution in [0.5, 0.6) is 11.5 Å². The fraction of sp³-hybridized carbons (Fsp3) is 0.273. The topological polar surface area (TPSA) is 102 Å². The van der Waals surface area contributed by atoms with E-state index in [1.807, 2.05) is 128 Å². The van der Waals surface area contributed by atoms with Crippen LogP contribution in [0, 0.1) is 0 Å². The molecule has 6 rings (SSSR count). The first-order valence-corrected chi connectivity index (χ1v) is 14.4. The van der Waals surface area contributed by atoms with Crippen LogP contribution in [0.4, 0.5) is 0 Å². The Kier molecular flexibility index (Phi) is 13.0.